The molecular weight excluding hydrogens is 341 g/mol. The van der Waals surface area contributed by atoms with Gasteiger partial charge in [-0.3, -0.25) is 4.90 Å². The number of rotatable bonds is 5. The summed E-state index contributed by atoms with van der Waals surface area (Å²) in [5, 5.41) is 6.20. The van der Waals surface area contributed by atoms with Gasteiger partial charge in [0.25, 0.3) is 0 Å². The van der Waals surface area contributed by atoms with Crippen molar-refractivity contribution >= 4 is 28.7 Å². The van der Waals surface area contributed by atoms with Gasteiger partial charge in [0, 0.05) is 44.1 Å². The summed E-state index contributed by atoms with van der Waals surface area (Å²) in [6.45, 7) is 5.76. The lowest BCUT2D eigenvalue weighted by Crippen LogP contribution is -2.51. The molecule has 1 aliphatic rings. The van der Waals surface area contributed by atoms with E-state index < -0.39 is 0 Å². The summed E-state index contributed by atoms with van der Waals surface area (Å²) in [7, 11) is 0. The lowest BCUT2D eigenvalue weighted by molar-refractivity contribution is 0.183. The summed E-state index contributed by atoms with van der Waals surface area (Å²) >= 11 is 7.32. The fraction of sp³-hybridized carbons (Fsp3) is 0.389. The molecule has 3 rings (SSSR count). The Bertz CT molecular complexity index is 635. The van der Waals surface area contributed by atoms with Crippen molar-refractivity contribution in [3.8, 4) is 0 Å². The van der Waals surface area contributed by atoms with Crippen molar-refractivity contribution in [3.05, 3.63) is 58.0 Å². The predicted molar refractivity (Wildman–Crippen MR) is 102 cm³/mol. The molecule has 0 aliphatic carbocycles. The number of hydrogen-bond donors (Lipinski definition) is 1. The van der Waals surface area contributed by atoms with Crippen LogP contribution in [0.1, 0.15) is 10.4 Å². The molecule has 0 radical (unpaired) electrons. The molecule has 1 fully saturated rings. The van der Waals surface area contributed by atoms with Crippen molar-refractivity contribution in [2.75, 3.05) is 32.7 Å². The van der Waals surface area contributed by atoms with Crippen LogP contribution in [0, 0.1) is 5.82 Å². The third-order valence-electron chi connectivity index (χ3n) is 4.27. The smallest absolute Gasteiger partial charge is 0.169 e. The van der Waals surface area contributed by atoms with Crippen molar-refractivity contribution in [3.63, 3.8) is 0 Å². The van der Waals surface area contributed by atoms with E-state index in [9.17, 15) is 4.39 Å². The van der Waals surface area contributed by atoms with Gasteiger partial charge >= 0.3 is 0 Å². The molecular formula is C18H22FN3S2. The number of halogens is 1. The molecule has 1 aliphatic heterocycles. The highest BCUT2D eigenvalue weighted by molar-refractivity contribution is 7.80. The van der Waals surface area contributed by atoms with Crippen LogP contribution in [0.25, 0.3) is 0 Å². The second-order valence-corrected chi connectivity index (χ2v) is 7.36. The first-order chi connectivity index (χ1) is 11.7. The molecule has 0 bridgehead atoms. The molecule has 0 saturated carbocycles. The first kappa shape index (κ1) is 17.3. The largest absolute Gasteiger partial charge is 0.358 e. The molecule has 128 valence electrons. The van der Waals surface area contributed by atoms with Crippen LogP contribution in [-0.2, 0) is 13.0 Å². The number of thiocarbonyl (C=S) groups is 1. The van der Waals surface area contributed by atoms with Gasteiger partial charge in [0.2, 0.25) is 0 Å². The minimum Gasteiger partial charge on any atom is -0.358 e. The molecule has 1 saturated heterocycles. The van der Waals surface area contributed by atoms with Crippen molar-refractivity contribution in [1.82, 2.24) is 15.1 Å². The van der Waals surface area contributed by atoms with E-state index in [1.165, 1.54) is 17.0 Å². The SMILES string of the molecule is Fc1ccc(CNC(=S)N2CCN(CCc3cccs3)CC2)cc1. The molecule has 0 atom stereocenters. The zero-order chi connectivity index (χ0) is 16.8. The summed E-state index contributed by atoms with van der Waals surface area (Å²) in [4.78, 5) is 6.17. The van der Waals surface area contributed by atoms with Crippen LogP contribution < -0.4 is 5.32 Å². The van der Waals surface area contributed by atoms with Gasteiger partial charge in [-0.15, -0.1) is 11.3 Å². The third kappa shape index (κ3) is 5.00. The molecule has 1 aromatic carbocycles. The Morgan fingerprint density at radius 3 is 2.54 bits per heavy atom. The summed E-state index contributed by atoms with van der Waals surface area (Å²) in [6.07, 6.45) is 1.13. The number of thiophene rings is 1. The van der Waals surface area contributed by atoms with E-state index in [2.05, 4.69) is 32.6 Å². The molecule has 0 spiro atoms. The number of nitrogens with one attached hydrogen (secondary N) is 1. The normalized spacial score (nSPS) is 15.5. The van der Waals surface area contributed by atoms with E-state index in [1.807, 2.05) is 11.3 Å². The minimum atomic E-state index is -0.208. The maximum Gasteiger partial charge on any atom is 0.169 e. The highest BCUT2D eigenvalue weighted by Crippen LogP contribution is 2.11. The Morgan fingerprint density at radius 1 is 1.12 bits per heavy atom. The Labute approximate surface area is 152 Å². The summed E-state index contributed by atoms with van der Waals surface area (Å²) in [6, 6.07) is 10.8. The molecule has 0 amide bonds. The molecule has 1 N–H and O–H groups in total. The van der Waals surface area contributed by atoms with Crippen LogP contribution in [0.2, 0.25) is 0 Å². The Balaban J connectivity index is 1.37. The number of nitrogens with zero attached hydrogens (tertiary/aromatic N) is 2. The van der Waals surface area contributed by atoms with Crippen LogP contribution in [0.3, 0.4) is 0 Å². The van der Waals surface area contributed by atoms with Crippen LogP contribution in [0.5, 0.6) is 0 Å². The third-order valence-corrected chi connectivity index (χ3v) is 5.61. The first-order valence-electron chi connectivity index (χ1n) is 8.23. The highest BCUT2D eigenvalue weighted by Gasteiger charge is 2.18. The predicted octanol–water partition coefficient (Wildman–Crippen LogP) is 3.12. The van der Waals surface area contributed by atoms with Gasteiger partial charge in [-0.1, -0.05) is 18.2 Å². The molecule has 2 heterocycles. The van der Waals surface area contributed by atoms with Crippen molar-refractivity contribution in [2.24, 2.45) is 0 Å². The van der Waals surface area contributed by atoms with Crippen LogP contribution >= 0.6 is 23.6 Å². The Hall–Kier alpha value is -1.50. The summed E-state index contributed by atoms with van der Waals surface area (Å²) in [5.74, 6) is -0.208. The molecule has 3 nitrogen and oxygen atoms in total. The molecule has 2 aromatic rings. The van der Waals surface area contributed by atoms with Crippen LogP contribution in [-0.4, -0.2) is 47.6 Å². The Kier molecular flexibility index (Phi) is 6.18. The quantitative estimate of drug-likeness (QED) is 0.823. The fourth-order valence-corrected chi connectivity index (χ4v) is 3.74. The van der Waals surface area contributed by atoms with Crippen LogP contribution in [0.4, 0.5) is 4.39 Å². The van der Waals surface area contributed by atoms with Crippen molar-refractivity contribution in [2.45, 2.75) is 13.0 Å². The van der Waals surface area contributed by atoms with E-state index >= 15 is 0 Å². The van der Waals surface area contributed by atoms with Gasteiger partial charge < -0.3 is 10.2 Å². The van der Waals surface area contributed by atoms with E-state index in [0.717, 1.165) is 49.8 Å². The topological polar surface area (TPSA) is 18.5 Å². The van der Waals surface area contributed by atoms with Gasteiger partial charge in [0.05, 0.1) is 0 Å². The average molecular weight is 364 g/mol. The lowest BCUT2D eigenvalue weighted by atomic mass is 10.2. The van der Waals surface area contributed by atoms with Gasteiger partial charge in [-0.25, -0.2) is 4.39 Å². The number of benzene rings is 1. The molecule has 24 heavy (non-hydrogen) atoms. The first-order valence-corrected chi connectivity index (χ1v) is 9.51. The van der Waals surface area contributed by atoms with E-state index in [1.54, 1.807) is 12.1 Å². The average Bonchev–Trinajstić information content (AvgIpc) is 3.13. The number of piperazine rings is 1. The van der Waals surface area contributed by atoms with E-state index in [-0.39, 0.29) is 5.82 Å². The maximum absolute atomic E-state index is 12.9. The van der Waals surface area contributed by atoms with Crippen molar-refractivity contribution < 1.29 is 4.39 Å². The second-order valence-electron chi connectivity index (χ2n) is 5.94. The maximum atomic E-state index is 12.9. The highest BCUT2D eigenvalue weighted by atomic mass is 32.1. The van der Waals surface area contributed by atoms with E-state index in [4.69, 9.17) is 12.2 Å². The monoisotopic (exact) mass is 363 g/mol. The number of hydrogen-bond acceptors (Lipinski definition) is 3. The van der Waals surface area contributed by atoms with Crippen molar-refractivity contribution in [1.29, 1.82) is 0 Å². The van der Waals surface area contributed by atoms with E-state index in [0.29, 0.717) is 6.54 Å². The zero-order valence-corrected chi connectivity index (χ0v) is 15.2. The van der Waals surface area contributed by atoms with Crippen LogP contribution in [0.15, 0.2) is 41.8 Å². The molecule has 6 heteroatoms. The molecule has 1 aromatic heterocycles. The van der Waals surface area contributed by atoms with Gasteiger partial charge in [-0.05, 0) is 47.8 Å². The fourth-order valence-electron chi connectivity index (χ4n) is 2.79. The summed E-state index contributed by atoms with van der Waals surface area (Å²) in [5.41, 5.74) is 1.04. The van der Waals surface area contributed by atoms with Gasteiger partial charge in [0.15, 0.2) is 5.11 Å². The second kappa shape index (κ2) is 8.55. The zero-order valence-electron chi connectivity index (χ0n) is 13.6. The standard InChI is InChI=1S/C18H22FN3S2/c19-16-5-3-15(4-6-16)14-20-18(23)22-11-9-21(10-12-22)8-7-17-2-1-13-24-17/h1-6,13H,7-12,14H2,(H,20,23). The lowest BCUT2D eigenvalue weighted by Gasteiger charge is -2.36. The minimum absolute atomic E-state index is 0.208. The van der Waals surface area contributed by atoms with Gasteiger partial charge in [0.1, 0.15) is 5.82 Å². The molecule has 0 unspecified atom stereocenters. The van der Waals surface area contributed by atoms with Gasteiger partial charge in [-0.2, -0.15) is 0 Å². The Morgan fingerprint density at radius 2 is 1.88 bits per heavy atom. The summed E-state index contributed by atoms with van der Waals surface area (Å²) < 4.78 is 12.9.